The second-order valence-corrected chi connectivity index (χ2v) is 6.70. The van der Waals surface area contributed by atoms with Crippen LogP contribution in [0.25, 0.3) is 0 Å². The summed E-state index contributed by atoms with van der Waals surface area (Å²) in [7, 11) is 0. The van der Waals surface area contributed by atoms with Gasteiger partial charge < -0.3 is 9.47 Å². The molecule has 0 amide bonds. The molecule has 7 heteroatoms. The largest absolute Gasteiger partial charge is 0.492 e. The molecule has 0 aliphatic heterocycles. The first-order chi connectivity index (χ1) is 11.1. The van der Waals surface area contributed by atoms with Crippen molar-refractivity contribution >= 4 is 11.7 Å². The monoisotopic (exact) mass is 334 g/mol. The lowest BCUT2D eigenvalue weighted by atomic mass is 9.82. The van der Waals surface area contributed by atoms with Crippen LogP contribution < -0.4 is 4.74 Å². The van der Waals surface area contributed by atoms with E-state index in [2.05, 4.69) is 0 Å². The van der Waals surface area contributed by atoms with Crippen LogP contribution in [0.2, 0.25) is 0 Å². The SMILES string of the molecule is CC(=O)OC(C(C)COc1cccc([N+](=O)[O-])c1C#N)C(C)(C)C. The number of esters is 1. The molecule has 0 N–H and O–H groups in total. The summed E-state index contributed by atoms with van der Waals surface area (Å²) >= 11 is 0. The molecule has 24 heavy (non-hydrogen) atoms. The van der Waals surface area contributed by atoms with E-state index in [0.717, 1.165) is 0 Å². The van der Waals surface area contributed by atoms with E-state index in [1.807, 2.05) is 33.8 Å². The summed E-state index contributed by atoms with van der Waals surface area (Å²) in [6.45, 7) is 9.22. The summed E-state index contributed by atoms with van der Waals surface area (Å²) < 4.78 is 11.0. The molecule has 2 atom stereocenters. The molecule has 0 fully saturated rings. The first-order valence-corrected chi connectivity index (χ1v) is 7.55. The predicted molar refractivity (Wildman–Crippen MR) is 87.5 cm³/mol. The second-order valence-electron chi connectivity index (χ2n) is 6.70. The van der Waals surface area contributed by atoms with Crippen molar-refractivity contribution in [3.8, 4) is 11.8 Å². The van der Waals surface area contributed by atoms with E-state index in [4.69, 9.17) is 14.7 Å². The van der Waals surface area contributed by atoms with Crippen LogP contribution >= 0.6 is 0 Å². The van der Waals surface area contributed by atoms with Gasteiger partial charge in [0.25, 0.3) is 5.69 Å². The highest BCUT2D eigenvalue weighted by atomic mass is 16.6. The molecular weight excluding hydrogens is 312 g/mol. The van der Waals surface area contributed by atoms with Crippen LogP contribution in [0.1, 0.15) is 40.2 Å². The van der Waals surface area contributed by atoms with Crippen LogP contribution in [0.3, 0.4) is 0 Å². The lowest BCUT2D eigenvalue weighted by molar-refractivity contribution is -0.385. The van der Waals surface area contributed by atoms with E-state index in [9.17, 15) is 14.9 Å². The van der Waals surface area contributed by atoms with Gasteiger partial charge in [-0.3, -0.25) is 14.9 Å². The third-order valence-electron chi connectivity index (χ3n) is 3.48. The normalized spacial score (nSPS) is 13.5. The van der Waals surface area contributed by atoms with Gasteiger partial charge in [-0.05, 0) is 11.5 Å². The Morgan fingerprint density at radius 2 is 2.04 bits per heavy atom. The molecule has 0 spiro atoms. The number of nitro groups is 1. The minimum Gasteiger partial charge on any atom is -0.492 e. The summed E-state index contributed by atoms with van der Waals surface area (Å²) in [5, 5.41) is 20.1. The average Bonchev–Trinajstić information content (AvgIpc) is 2.48. The number of benzene rings is 1. The molecule has 0 aromatic heterocycles. The number of carbonyl (C=O) groups excluding carboxylic acids is 1. The molecule has 0 radical (unpaired) electrons. The van der Waals surface area contributed by atoms with Gasteiger partial charge in [-0.2, -0.15) is 5.26 Å². The maximum atomic E-state index is 11.3. The molecule has 0 saturated carbocycles. The van der Waals surface area contributed by atoms with Gasteiger partial charge in [0, 0.05) is 18.9 Å². The number of nitriles is 1. The first kappa shape index (κ1) is 19.4. The van der Waals surface area contributed by atoms with Crippen molar-refractivity contribution in [1.29, 1.82) is 5.26 Å². The maximum absolute atomic E-state index is 11.3. The minimum absolute atomic E-state index is 0.116. The summed E-state index contributed by atoms with van der Waals surface area (Å²) in [5.74, 6) is -0.399. The number of carbonyl (C=O) groups is 1. The zero-order chi connectivity index (χ0) is 18.5. The first-order valence-electron chi connectivity index (χ1n) is 7.55. The van der Waals surface area contributed by atoms with Gasteiger partial charge in [0.05, 0.1) is 11.5 Å². The van der Waals surface area contributed by atoms with Gasteiger partial charge >= 0.3 is 5.97 Å². The maximum Gasteiger partial charge on any atom is 0.302 e. The van der Waals surface area contributed by atoms with Crippen molar-refractivity contribution < 1.29 is 19.2 Å². The van der Waals surface area contributed by atoms with Gasteiger partial charge in [-0.15, -0.1) is 0 Å². The molecule has 2 unspecified atom stereocenters. The molecule has 1 rings (SSSR count). The molecule has 0 aliphatic carbocycles. The number of nitro benzene ring substituents is 1. The fourth-order valence-corrected chi connectivity index (χ4v) is 2.54. The van der Waals surface area contributed by atoms with Crippen LogP contribution in [0.4, 0.5) is 5.69 Å². The van der Waals surface area contributed by atoms with Gasteiger partial charge in [-0.25, -0.2) is 0 Å². The Balaban J connectivity index is 2.96. The number of ether oxygens (including phenoxy) is 2. The lowest BCUT2D eigenvalue weighted by Crippen LogP contribution is -2.39. The van der Waals surface area contributed by atoms with E-state index in [1.54, 1.807) is 0 Å². The highest BCUT2D eigenvalue weighted by Crippen LogP contribution is 2.31. The number of hydrogen-bond acceptors (Lipinski definition) is 6. The quantitative estimate of drug-likeness (QED) is 0.448. The zero-order valence-corrected chi connectivity index (χ0v) is 14.5. The van der Waals surface area contributed by atoms with Crippen molar-refractivity contribution in [3.63, 3.8) is 0 Å². The van der Waals surface area contributed by atoms with E-state index >= 15 is 0 Å². The average molecular weight is 334 g/mol. The summed E-state index contributed by atoms with van der Waals surface area (Å²) in [6, 6.07) is 6.04. The van der Waals surface area contributed by atoms with Gasteiger partial charge in [0.2, 0.25) is 0 Å². The number of rotatable bonds is 6. The third kappa shape index (κ3) is 4.95. The molecule has 7 nitrogen and oxygen atoms in total. The van der Waals surface area contributed by atoms with Crippen molar-refractivity contribution in [2.24, 2.45) is 11.3 Å². The topological polar surface area (TPSA) is 102 Å². The Labute approximate surface area is 141 Å². The Kier molecular flexibility index (Phi) is 6.29. The van der Waals surface area contributed by atoms with Gasteiger partial charge in [0.1, 0.15) is 17.9 Å². The van der Waals surface area contributed by atoms with E-state index < -0.39 is 4.92 Å². The Morgan fingerprint density at radius 1 is 1.42 bits per heavy atom. The molecule has 0 bridgehead atoms. The molecule has 1 aromatic rings. The molecular formula is C17H22N2O5. The lowest BCUT2D eigenvalue weighted by Gasteiger charge is -2.34. The smallest absolute Gasteiger partial charge is 0.302 e. The third-order valence-corrected chi connectivity index (χ3v) is 3.48. The Morgan fingerprint density at radius 3 is 2.50 bits per heavy atom. The van der Waals surface area contributed by atoms with Crippen molar-refractivity contribution in [2.75, 3.05) is 6.61 Å². The highest BCUT2D eigenvalue weighted by Gasteiger charge is 2.33. The van der Waals surface area contributed by atoms with Crippen LogP contribution in [0.15, 0.2) is 18.2 Å². The zero-order valence-electron chi connectivity index (χ0n) is 14.5. The van der Waals surface area contributed by atoms with E-state index in [0.29, 0.717) is 0 Å². The fourth-order valence-electron chi connectivity index (χ4n) is 2.54. The van der Waals surface area contributed by atoms with Crippen LogP contribution in [0, 0.1) is 32.8 Å². The highest BCUT2D eigenvalue weighted by molar-refractivity contribution is 5.66. The Bertz CT molecular complexity index is 658. The van der Waals surface area contributed by atoms with Crippen molar-refractivity contribution in [1.82, 2.24) is 0 Å². The Hall–Kier alpha value is -2.62. The molecule has 130 valence electrons. The van der Waals surface area contributed by atoms with Crippen LogP contribution in [0.5, 0.6) is 5.75 Å². The predicted octanol–water partition coefficient (Wildman–Crippen LogP) is 3.46. The second kappa shape index (κ2) is 7.77. The summed E-state index contributed by atoms with van der Waals surface area (Å²) in [6.07, 6.45) is -0.390. The van der Waals surface area contributed by atoms with Crippen LogP contribution in [-0.2, 0) is 9.53 Å². The van der Waals surface area contributed by atoms with Gasteiger partial charge in [-0.1, -0.05) is 33.8 Å². The van der Waals surface area contributed by atoms with Crippen molar-refractivity contribution in [2.45, 2.75) is 40.7 Å². The summed E-state index contributed by atoms with van der Waals surface area (Å²) in [4.78, 5) is 21.7. The minimum atomic E-state index is -0.619. The molecule has 0 saturated heterocycles. The standard InChI is InChI=1S/C17H22N2O5/c1-11(16(17(3,4)5)24-12(2)20)10-23-15-8-6-7-14(19(21)22)13(15)9-18/h6-8,11,16H,10H2,1-5H3. The van der Waals surface area contributed by atoms with Crippen molar-refractivity contribution in [3.05, 3.63) is 33.9 Å². The molecule has 0 heterocycles. The molecule has 0 aliphatic rings. The molecule has 1 aromatic carbocycles. The summed E-state index contributed by atoms with van der Waals surface area (Å²) in [5.41, 5.74) is -0.709. The van der Waals surface area contributed by atoms with Gasteiger partial charge in [0.15, 0.2) is 5.56 Å². The fraction of sp³-hybridized carbons (Fsp3) is 0.529. The van der Waals surface area contributed by atoms with E-state index in [-0.39, 0.29) is 47.0 Å². The number of nitrogens with zero attached hydrogens (tertiary/aromatic N) is 2. The van der Waals surface area contributed by atoms with E-state index in [1.165, 1.54) is 25.1 Å². The van der Waals surface area contributed by atoms with Crippen LogP contribution in [-0.4, -0.2) is 23.6 Å². The number of hydrogen-bond donors (Lipinski definition) is 0.